The van der Waals surface area contributed by atoms with Crippen molar-refractivity contribution in [1.29, 1.82) is 5.26 Å². The van der Waals surface area contributed by atoms with Crippen molar-refractivity contribution in [3.8, 4) is 23.3 Å². The number of aliphatic hydroxyl groups excluding tert-OH is 2. The Morgan fingerprint density at radius 3 is 2.20 bits per heavy atom. The van der Waals surface area contributed by atoms with Crippen LogP contribution in [-0.2, 0) is 19.5 Å². The third-order valence-electron chi connectivity index (χ3n) is 9.07. The molecule has 0 spiro atoms. The number of benzene rings is 4. The number of aromatic nitrogens is 2. The van der Waals surface area contributed by atoms with E-state index < -0.39 is 56.3 Å². The molecule has 15 nitrogen and oxygen atoms in total. The van der Waals surface area contributed by atoms with Gasteiger partial charge in [-0.15, -0.1) is 0 Å². The van der Waals surface area contributed by atoms with E-state index >= 15 is 0 Å². The summed E-state index contributed by atoms with van der Waals surface area (Å²) in [6.45, 7) is 1.06. The maximum absolute atomic E-state index is 14.7. The summed E-state index contributed by atoms with van der Waals surface area (Å²) >= 11 is 1.88. The lowest BCUT2D eigenvalue weighted by atomic mass is 10.2. The predicted octanol–water partition coefficient (Wildman–Crippen LogP) is 6.77. The molecule has 0 radical (unpaired) electrons. The van der Waals surface area contributed by atoms with E-state index in [1.807, 2.05) is 46.9 Å². The lowest BCUT2D eigenvalue weighted by molar-refractivity contribution is 0.0858. The summed E-state index contributed by atoms with van der Waals surface area (Å²) < 4.78 is 97.4. The van der Waals surface area contributed by atoms with Crippen LogP contribution < -0.4 is 29.6 Å². The lowest BCUT2D eigenvalue weighted by Crippen LogP contribution is -2.34. The molecular weight excluding hydrogens is 924 g/mol. The van der Waals surface area contributed by atoms with Gasteiger partial charge in [0, 0.05) is 41.0 Å². The van der Waals surface area contributed by atoms with Crippen molar-refractivity contribution in [2.45, 2.75) is 30.1 Å². The van der Waals surface area contributed by atoms with Gasteiger partial charge in [-0.05, 0) is 84.3 Å². The summed E-state index contributed by atoms with van der Waals surface area (Å²) in [5.74, 6) is -2.11. The first-order valence-corrected chi connectivity index (χ1v) is 20.7. The Kier molecular flexibility index (Phi) is 16.0. The zero-order valence-electron chi connectivity index (χ0n) is 32.6. The predicted molar refractivity (Wildman–Crippen MR) is 226 cm³/mol. The topological polar surface area (TPSA) is 206 Å². The quantitative estimate of drug-likeness (QED) is 0.0428. The van der Waals surface area contributed by atoms with Gasteiger partial charge in [-0.3, -0.25) is 4.72 Å². The van der Waals surface area contributed by atoms with E-state index in [1.54, 1.807) is 26.4 Å². The molecule has 5 N–H and O–H groups in total. The number of hydrogen-bond donors (Lipinski definition) is 5. The van der Waals surface area contributed by atoms with Crippen molar-refractivity contribution in [2.75, 3.05) is 69.7 Å². The number of rotatable bonds is 19. The number of methoxy groups -OCH3 is 3. The van der Waals surface area contributed by atoms with Gasteiger partial charge in [0.2, 0.25) is 10.0 Å². The maximum Gasteiger partial charge on any atom is 0.238 e. The maximum atomic E-state index is 14.7. The Morgan fingerprint density at radius 2 is 1.58 bits per heavy atom. The minimum Gasteiger partial charge on any atom is -0.494 e. The molecule has 0 aliphatic heterocycles. The summed E-state index contributed by atoms with van der Waals surface area (Å²) in [6.07, 6.45) is 0.395. The number of anilines is 5. The van der Waals surface area contributed by atoms with E-state index in [2.05, 4.69) is 31.4 Å². The number of hydrogen-bond acceptors (Lipinski definition) is 14. The van der Waals surface area contributed by atoms with Crippen LogP contribution in [0.2, 0.25) is 0 Å². The minimum absolute atomic E-state index is 0.204. The highest BCUT2D eigenvalue weighted by Gasteiger charge is 2.55. The number of aliphatic hydroxyl groups is 2. The zero-order chi connectivity index (χ0) is 43.5. The third kappa shape index (κ3) is 11.3. The number of sulfonamides is 1. The Labute approximate surface area is 358 Å². The molecule has 0 amide bonds. The smallest absolute Gasteiger partial charge is 0.238 e. The van der Waals surface area contributed by atoms with Crippen LogP contribution in [0, 0.1) is 32.4 Å². The summed E-state index contributed by atoms with van der Waals surface area (Å²) in [6, 6.07) is 17.6. The van der Waals surface area contributed by atoms with Gasteiger partial charge in [-0.1, -0.05) is 6.07 Å². The van der Waals surface area contributed by atoms with Crippen molar-refractivity contribution >= 4 is 72.1 Å². The van der Waals surface area contributed by atoms with Gasteiger partial charge >= 0.3 is 0 Å². The Morgan fingerprint density at radius 1 is 0.883 bits per heavy atom. The van der Waals surface area contributed by atoms with Gasteiger partial charge < -0.3 is 44.5 Å². The molecule has 0 unspecified atom stereocenters. The summed E-state index contributed by atoms with van der Waals surface area (Å²) in [5.41, 5.74) is 0.718. The molecule has 1 atom stereocenters. The average Bonchev–Trinajstić information content (AvgIpc) is 4.03. The second-order valence-electron chi connectivity index (χ2n) is 13.2. The summed E-state index contributed by atoms with van der Waals surface area (Å²) in [4.78, 5) is 8.70. The average molecular weight is 967 g/mol. The number of nitrogens with one attached hydrogen (secondary N) is 3. The van der Waals surface area contributed by atoms with Gasteiger partial charge in [0.1, 0.15) is 48.3 Å². The Bertz CT molecular complexity index is 2440. The molecule has 1 saturated carbocycles. The van der Waals surface area contributed by atoms with E-state index in [4.69, 9.17) is 34.1 Å². The molecule has 5 aromatic rings. The van der Waals surface area contributed by atoms with E-state index in [9.17, 15) is 26.7 Å². The largest absolute Gasteiger partial charge is 0.494 e. The van der Waals surface area contributed by atoms with E-state index in [0.717, 1.165) is 24.2 Å². The van der Waals surface area contributed by atoms with Crippen molar-refractivity contribution in [1.82, 2.24) is 9.97 Å². The van der Waals surface area contributed by atoms with E-state index in [-0.39, 0.29) is 30.7 Å². The second kappa shape index (κ2) is 20.9. The molecular formula is C40H42F3IN6O9S. The number of nitrogens with zero attached hydrogens (tertiary/aromatic N) is 3. The Balaban J connectivity index is 0.000000228. The standard InChI is InChI=1S/C21H22N4O4.C19H20F3IN2O5S/c1-26-6-8-28-19-11-17-18(12-20(19)29-9-7-27-2)23-14-24-21(17)25-16-5-3-4-15(10-16)13-22;1-30-15-7-13(21)16(22)18(24-14-3-2-10(23)6-12(14)20)17(15)25-31(28,29)19(4-5-19)8-11(27)9-26/h3-5,10-12,14H,6-9H2,1-2H3,(H,23,24,25);2-3,6-7,11,24-27H,4-5,8-9H2,1H3/t;11-/m.0/s1. The molecule has 1 heterocycles. The number of fused-ring (bicyclic) bond motifs is 1. The minimum atomic E-state index is -4.23. The highest BCUT2D eigenvalue weighted by atomic mass is 127. The zero-order valence-corrected chi connectivity index (χ0v) is 35.6. The van der Waals surface area contributed by atoms with Crippen LogP contribution in [0.5, 0.6) is 17.2 Å². The van der Waals surface area contributed by atoms with Crippen LogP contribution in [0.3, 0.4) is 0 Å². The summed E-state index contributed by atoms with van der Waals surface area (Å²) in [7, 11) is 0.148. The first kappa shape index (κ1) is 45.9. The molecule has 0 bridgehead atoms. The molecule has 1 aliphatic carbocycles. The van der Waals surface area contributed by atoms with Crippen LogP contribution in [0.25, 0.3) is 10.9 Å². The highest BCUT2D eigenvalue weighted by molar-refractivity contribution is 14.1. The fraction of sp³-hybridized carbons (Fsp3) is 0.325. The third-order valence-corrected chi connectivity index (χ3v) is 11.9. The van der Waals surface area contributed by atoms with Crippen molar-refractivity contribution in [3.05, 3.63) is 93.6 Å². The van der Waals surface area contributed by atoms with Crippen molar-refractivity contribution < 1.29 is 55.5 Å². The van der Waals surface area contributed by atoms with Crippen LogP contribution >= 0.6 is 22.6 Å². The van der Waals surface area contributed by atoms with Crippen LogP contribution in [0.1, 0.15) is 24.8 Å². The lowest BCUT2D eigenvalue weighted by Gasteiger charge is -2.23. The van der Waals surface area contributed by atoms with Gasteiger partial charge in [-0.2, -0.15) is 5.26 Å². The van der Waals surface area contributed by atoms with Gasteiger partial charge in [0.25, 0.3) is 0 Å². The second-order valence-corrected chi connectivity index (χ2v) is 16.6. The fourth-order valence-corrected chi connectivity index (χ4v) is 8.02. The first-order chi connectivity index (χ1) is 28.8. The van der Waals surface area contributed by atoms with Crippen molar-refractivity contribution in [3.63, 3.8) is 0 Å². The monoisotopic (exact) mass is 966 g/mol. The number of ether oxygens (including phenoxy) is 5. The van der Waals surface area contributed by atoms with Crippen LogP contribution in [0.4, 0.5) is 41.7 Å². The molecule has 1 fully saturated rings. The molecule has 320 valence electrons. The molecule has 1 aliphatic rings. The van der Waals surface area contributed by atoms with Gasteiger partial charge in [0.05, 0.1) is 60.6 Å². The fourth-order valence-electron chi connectivity index (χ4n) is 5.83. The SMILES string of the molecule is COCCOc1cc2ncnc(Nc3cccc(C#N)c3)c2cc1OCCOC.COc1cc(F)c(F)c(Nc2ccc(I)cc2F)c1NS(=O)(=O)C1(C[C@H](O)CO)CC1. The van der Waals surface area contributed by atoms with E-state index in [0.29, 0.717) is 64.5 Å². The molecule has 20 heteroatoms. The normalized spacial score (nSPS) is 13.3. The number of nitriles is 1. The summed E-state index contributed by atoms with van der Waals surface area (Å²) in [5, 5.41) is 34.3. The molecule has 4 aromatic carbocycles. The van der Waals surface area contributed by atoms with Crippen LogP contribution in [-0.4, -0.2) is 93.8 Å². The highest BCUT2D eigenvalue weighted by Crippen LogP contribution is 2.50. The number of halogens is 4. The molecule has 0 saturated heterocycles. The van der Waals surface area contributed by atoms with Gasteiger partial charge in [0.15, 0.2) is 23.1 Å². The Hall–Kier alpha value is -5.18. The van der Waals surface area contributed by atoms with E-state index in [1.165, 1.54) is 18.5 Å². The first-order valence-electron chi connectivity index (χ1n) is 18.2. The van der Waals surface area contributed by atoms with Gasteiger partial charge in [-0.25, -0.2) is 31.6 Å². The molecule has 60 heavy (non-hydrogen) atoms. The molecule has 6 rings (SSSR count). The molecule has 1 aromatic heterocycles. The van der Waals surface area contributed by atoms with Crippen LogP contribution in [0.15, 0.2) is 67.0 Å². The van der Waals surface area contributed by atoms with Crippen molar-refractivity contribution in [2.24, 2.45) is 0 Å².